The number of sulfonamides is 1. The van der Waals surface area contributed by atoms with Crippen molar-refractivity contribution in [1.82, 2.24) is 4.98 Å². The molecule has 0 N–H and O–H groups in total. The predicted octanol–water partition coefficient (Wildman–Crippen LogP) is 3.94. The molecule has 0 aliphatic rings. The molecule has 0 bridgehead atoms. The summed E-state index contributed by atoms with van der Waals surface area (Å²) in [7, 11) is -2.06. The summed E-state index contributed by atoms with van der Waals surface area (Å²) in [5.74, 6) is 0.529. The molecule has 0 aliphatic heterocycles. The Morgan fingerprint density at radius 3 is 2.48 bits per heavy atom. The lowest BCUT2D eigenvalue weighted by Gasteiger charge is -2.25. The molecule has 6 heteroatoms. The molecule has 27 heavy (non-hydrogen) atoms. The molecule has 2 aromatic carbocycles. The summed E-state index contributed by atoms with van der Waals surface area (Å²) in [6.07, 6.45) is 3.34. The highest BCUT2D eigenvalue weighted by molar-refractivity contribution is 7.92. The first-order valence-electron chi connectivity index (χ1n) is 8.57. The van der Waals surface area contributed by atoms with Crippen LogP contribution in [0.15, 0.2) is 73.1 Å². The number of methoxy groups -OCH3 is 1. The normalized spacial score (nSPS) is 11.2. The van der Waals surface area contributed by atoms with Gasteiger partial charge in [-0.05, 0) is 36.2 Å². The fourth-order valence-corrected chi connectivity index (χ4v) is 4.40. The second-order valence-corrected chi connectivity index (χ2v) is 8.21. The van der Waals surface area contributed by atoms with Crippen molar-refractivity contribution in [1.29, 1.82) is 0 Å². The molecule has 1 aromatic heterocycles. The van der Waals surface area contributed by atoms with Crippen molar-refractivity contribution in [3.8, 4) is 5.75 Å². The minimum atomic E-state index is -3.62. The van der Waals surface area contributed by atoms with Crippen LogP contribution in [0.5, 0.6) is 5.75 Å². The average molecular weight is 382 g/mol. The van der Waals surface area contributed by atoms with Crippen molar-refractivity contribution in [2.45, 2.75) is 19.2 Å². The van der Waals surface area contributed by atoms with Crippen LogP contribution in [0.1, 0.15) is 16.7 Å². The summed E-state index contributed by atoms with van der Waals surface area (Å²) in [4.78, 5) is 4.10. The summed E-state index contributed by atoms with van der Waals surface area (Å²) in [6.45, 7) is 2.15. The first-order valence-corrected chi connectivity index (χ1v) is 10.2. The highest BCUT2D eigenvalue weighted by Gasteiger charge is 2.24. The van der Waals surface area contributed by atoms with Gasteiger partial charge in [0.15, 0.2) is 0 Å². The second kappa shape index (κ2) is 8.22. The zero-order chi connectivity index (χ0) is 19.3. The molecule has 0 spiro atoms. The first kappa shape index (κ1) is 18.9. The van der Waals surface area contributed by atoms with Crippen LogP contribution in [0.25, 0.3) is 0 Å². The van der Waals surface area contributed by atoms with Gasteiger partial charge in [-0.1, -0.05) is 42.0 Å². The third-order valence-electron chi connectivity index (χ3n) is 4.16. The second-order valence-electron chi connectivity index (χ2n) is 6.31. The molecule has 140 valence electrons. The van der Waals surface area contributed by atoms with Crippen LogP contribution in [0.4, 0.5) is 5.69 Å². The number of pyridine rings is 1. The van der Waals surface area contributed by atoms with Crippen LogP contribution in [-0.4, -0.2) is 20.5 Å². The van der Waals surface area contributed by atoms with Crippen LogP contribution < -0.4 is 9.04 Å². The molecule has 0 fully saturated rings. The summed E-state index contributed by atoms with van der Waals surface area (Å²) < 4.78 is 33.2. The molecule has 0 aliphatic carbocycles. The molecule has 0 atom stereocenters. The zero-order valence-electron chi connectivity index (χ0n) is 15.4. The third kappa shape index (κ3) is 4.86. The van der Waals surface area contributed by atoms with Gasteiger partial charge in [-0.15, -0.1) is 0 Å². The van der Waals surface area contributed by atoms with Crippen LogP contribution in [0.2, 0.25) is 0 Å². The lowest BCUT2D eigenvalue weighted by Crippen LogP contribution is -2.31. The number of rotatable bonds is 7. The van der Waals surface area contributed by atoms with Crippen LogP contribution in [-0.2, 0) is 22.3 Å². The summed E-state index contributed by atoms with van der Waals surface area (Å²) >= 11 is 0. The molecule has 0 radical (unpaired) electrons. The maximum Gasteiger partial charge on any atom is 0.239 e. The van der Waals surface area contributed by atoms with E-state index in [0.29, 0.717) is 11.4 Å². The van der Waals surface area contributed by atoms with Crippen LogP contribution >= 0.6 is 0 Å². The summed E-state index contributed by atoms with van der Waals surface area (Å²) in [6, 6.07) is 18.3. The first-order chi connectivity index (χ1) is 13.0. The minimum Gasteiger partial charge on any atom is -0.497 e. The molecule has 1 heterocycles. The van der Waals surface area contributed by atoms with Gasteiger partial charge in [0, 0.05) is 18.5 Å². The van der Waals surface area contributed by atoms with Crippen molar-refractivity contribution in [3.63, 3.8) is 0 Å². The Hall–Kier alpha value is -2.86. The van der Waals surface area contributed by atoms with E-state index in [4.69, 9.17) is 4.74 Å². The van der Waals surface area contributed by atoms with Gasteiger partial charge in [-0.3, -0.25) is 9.29 Å². The smallest absolute Gasteiger partial charge is 0.239 e. The predicted molar refractivity (Wildman–Crippen MR) is 107 cm³/mol. The highest BCUT2D eigenvalue weighted by atomic mass is 32.2. The fourth-order valence-electron chi connectivity index (χ4n) is 2.86. The lowest BCUT2D eigenvalue weighted by atomic mass is 10.2. The quantitative estimate of drug-likeness (QED) is 0.621. The number of aryl methyl sites for hydroxylation is 1. The molecule has 5 nitrogen and oxygen atoms in total. The van der Waals surface area contributed by atoms with Gasteiger partial charge in [0.1, 0.15) is 5.75 Å². The van der Waals surface area contributed by atoms with Gasteiger partial charge in [-0.25, -0.2) is 8.42 Å². The van der Waals surface area contributed by atoms with Gasteiger partial charge in [0.25, 0.3) is 0 Å². The molecule has 3 aromatic rings. The fraction of sp³-hybridized carbons (Fsp3) is 0.190. The summed E-state index contributed by atoms with van der Waals surface area (Å²) in [5, 5.41) is 0. The van der Waals surface area contributed by atoms with Crippen molar-refractivity contribution < 1.29 is 13.2 Å². The van der Waals surface area contributed by atoms with E-state index in [1.165, 1.54) is 4.31 Å². The van der Waals surface area contributed by atoms with Crippen LogP contribution in [0, 0.1) is 6.92 Å². The Morgan fingerprint density at radius 1 is 1.00 bits per heavy atom. The van der Waals surface area contributed by atoms with Crippen molar-refractivity contribution in [3.05, 3.63) is 89.7 Å². The summed E-state index contributed by atoms with van der Waals surface area (Å²) in [5.41, 5.74) is 3.16. The largest absolute Gasteiger partial charge is 0.497 e. The number of hydrogen-bond donors (Lipinski definition) is 0. The number of nitrogens with zero attached hydrogens (tertiary/aromatic N) is 2. The average Bonchev–Trinajstić information content (AvgIpc) is 2.66. The molecule has 3 rings (SSSR count). The maximum absolute atomic E-state index is 13.3. The number of benzene rings is 2. The maximum atomic E-state index is 13.3. The van der Waals surface area contributed by atoms with E-state index in [2.05, 4.69) is 4.98 Å². The van der Waals surface area contributed by atoms with Gasteiger partial charge in [-0.2, -0.15) is 0 Å². The SMILES string of the molecule is COc1cccc(N(Cc2cccnc2)S(=O)(=O)Cc2cccc(C)c2)c1. The van der Waals surface area contributed by atoms with Crippen LogP contribution in [0.3, 0.4) is 0 Å². The Morgan fingerprint density at radius 2 is 1.78 bits per heavy atom. The number of hydrogen-bond acceptors (Lipinski definition) is 4. The highest BCUT2D eigenvalue weighted by Crippen LogP contribution is 2.27. The molecular formula is C21H22N2O3S. The Kier molecular flexibility index (Phi) is 5.76. The van der Waals surface area contributed by atoms with E-state index in [-0.39, 0.29) is 12.3 Å². The van der Waals surface area contributed by atoms with Gasteiger partial charge in [0.05, 0.1) is 25.1 Å². The topological polar surface area (TPSA) is 59.5 Å². The van der Waals surface area contributed by atoms with Crippen molar-refractivity contribution in [2.24, 2.45) is 0 Å². The number of anilines is 1. The van der Waals surface area contributed by atoms with E-state index < -0.39 is 10.0 Å². The third-order valence-corrected chi connectivity index (χ3v) is 5.87. The van der Waals surface area contributed by atoms with Crippen molar-refractivity contribution in [2.75, 3.05) is 11.4 Å². The molecule has 0 amide bonds. The van der Waals surface area contributed by atoms with E-state index in [1.807, 2.05) is 37.3 Å². The lowest BCUT2D eigenvalue weighted by molar-refractivity contribution is 0.415. The van der Waals surface area contributed by atoms with Crippen molar-refractivity contribution >= 4 is 15.7 Å². The number of aromatic nitrogens is 1. The Labute approximate surface area is 160 Å². The van der Waals surface area contributed by atoms with E-state index in [9.17, 15) is 8.42 Å². The van der Waals surface area contributed by atoms with Gasteiger partial charge < -0.3 is 4.74 Å². The molecule has 0 unspecified atom stereocenters. The van der Waals surface area contributed by atoms with E-state index in [0.717, 1.165) is 16.7 Å². The zero-order valence-corrected chi connectivity index (χ0v) is 16.2. The molecule has 0 saturated heterocycles. The number of ether oxygens (including phenoxy) is 1. The molecule has 0 saturated carbocycles. The van der Waals surface area contributed by atoms with Gasteiger partial charge >= 0.3 is 0 Å². The van der Waals surface area contributed by atoms with E-state index in [1.54, 1.807) is 49.8 Å². The minimum absolute atomic E-state index is 0.0772. The Balaban J connectivity index is 1.99. The van der Waals surface area contributed by atoms with E-state index >= 15 is 0 Å². The van der Waals surface area contributed by atoms with Gasteiger partial charge in [0.2, 0.25) is 10.0 Å². The monoisotopic (exact) mass is 382 g/mol. The Bertz CT molecular complexity index is 1000. The standard InChI is InChI=1S/C21H22N2O3S/c1-17-6-3-7-18(12-17)16-27(24,25)23(15-19-8-5-11-22-14-19)20-9-4-10-21(13-20)26-2/h3-14H,15-16H2,1-2H3. The molecular weight excluding hydrogens is 360 g/mol.